The van der Waals surface area contributed by atoms with Crippen LogP contribution in [0.4, 0.5) is 5.82 Å². The van der Waals surface area contributed by atoms with Gasteiger partial charge in [-0.1, -0.05) is 6.92 Å². The molecule has 1 saturated carbocycles. The number of aromatic nitrogens is 2. The first-order valence-electron chi connectivity index (χ1n) is 6.55. The molecule has 98 valence electrons. The highest BCUT2D eigenvalue weighted by Crippen LogP contribution is 2.48. The minimum Gasteiger partial charge on any atom is -0.368 e. The van der Waals surface area contributed by atoms with Crippen molar-refractivity contribution in [1.82, 2.24) is 15.5 Å². The molecule has 0 aliphatic heterocycles. The summed E-state index contributed by atoms with van der Waals surface area (Å²) in [5.74, 6) is 0.562. The van der Waals surface area contributed by atoms with Gasteiger partial charge in [-0.2, -0.15) is 0 Å². The Kier molecular flexibility index (Phi) is 3.79. The molecule has 1 aromatic heterocycles. The highest BCUT2D eigenvalue weighted by molar-refractivity contribution is 5.92. The molecule has 18 heavy (non-hydrogen) atoms. The van der Waals surface area contributed by atoms with Gasteiger partial charge >= 0.3 is 0 Å². The van der Waals surface area contributed by atoms with Crippen LogP contribution >= 0.6 is 0 Å². The first-order chi connectivity index (χ1) is 8.69. The predicted octanol–water partition coefficient (Wildman–Crippen LogP) is 1.83. The van der Waals surface area contributed by atoms with Crippen LogP contribution in [-0.4, -0.2) is 29.2 Å². The van der Waals surface area contributed by atoms with E-state index in [4.69, 9.17) is 0 Å². The van der Waals surface area contributed by atoms with Gasteiger partial charge in [0.25, 0.3) is 5.91 Å². The fourth-order valence-electron chi connectivity index (χ4n) is 1.91. The highest BCUT2D eigenvalue weighted by atomic mass is 16.1. The monoisotopic (exact) mass is 248 g/mol. The van der Waals surface area contributed by atoms with Crippen LogP contribution in [0.3, 0.4) is 0 Å². The first kappa shape index (κ1) is 12.8. The molecule has 2 N–H and O–H groups in total. The van der Waals surface area contributed by atoms with E-state index in [0.29, 0.717) is 17.7 Å². The third-order valence-electron chi connectivity index (χ3n) is 3.59. The topological polar surface area (TPSA) is 66.9 Å². The first-order valence-corrected chi connectivity index (χ1v) is 6.55. The second-order valence-electron chi connectivity index (χ2n) is 4.87. The normalized spacial score (nSPS) is 16.1. The molecule has 0 radical (unpaired) electrons. The Balaban J connectivity index is 1.89. The second kappa shape index (κ2) is 5.33. The van der Waals surface area contributed by atoms with Gasteiger partial charge in [-0.15, -0.1) is 10.2 Å². The van der Waals surface area contributed by atoms with Gasteiger partial charge in [0.15, 0.2) is 5.69 Å². The Morgan fingerprint density at radius 3 is 2.61 bits per heavy atom. The Bertz CT molecular complexity index is 412. The summed E-state index contributed by atoms with van der Waals surface area (Å²) in [4.78, 5) is 11.5. The maximum atomic E-state index is 11.5. The Morgan fingerprint density at radius 2 is 2.11 bits per heavy atom. The fraction of sp³-hybridized carbons (Fsp3) is 0.615. The third kappa shape index (κ3) is 2.97. The van der Waals surface area contributed by atoms with Crippen LogP contribution in [0.25, 0.3) is 0 Å². The largest absolute Gasteiger partial charge is 0.368 e. The van der Waals surface area contributed by atoms with Gasteiger partial charge in [0.1, 0.15) is 5.82 Å². The number of carbonyl (C=O) groups excluding carboxylic acids is 1. The van der Waals surface area contributed by atoms with Gasteiger partial charge in [-0.25, -0.2) is 0 Å². The van der Waals surface area contributed by atoms with Gasteiger partial charge in [0.2, 0.25) is 0 Å². The Hall–Kier alpha value is -1.65. The number of nitrogens with one attached hydrogen (secondary N) is 2. The number of hydrogen-bond acceptors (Lipinski definition) is 4. The Labute approximate surface area is 107 Å². The van der Waals surface area contributed by atoms with E-state index in [2.05, 4.69) is 27.8 Å². The number of hydrogen-bond donors (Lipinski definition) is 2. The number of rotatable bonds is 6. The average Bonchev–Trinajstić information content (AvgIpc) is 3.18. The van der Waals surface area contributed by atoms with Crippen molar-refractivity contribution < 1.29 is 4.79 Å². The molecule has 5 heteroatoms. The number of nitrogens with zero attached hydrogens (tertiary/aromatic N) is 2. The van der Waals surface area contributed by atoms with Crippen LogP contribution in [0, 0.1) is 5.41 Å². The molecule has 2 rings (SSSR count). The zero-order valence-electron chi connectivity index (χ0n) is 11.0. The van der Waals surface area contributed by atoms with Gasteiger partial charge in [0.05, 0.1) is 0 Å². The van der Waals surface area contributed by atoms with Crippen molar-refractivity contribution in [3.8, 4) is 0 Å². The summed E-state index contributed by atoms with van der Waals surface area (Å²) in [6.07, 6.45) is 3.78. The van der Waals surface area contributed by atoms with Crippen molar-refractivity contribution in [2.75, 3.05) is 18.4 Å². The van der Waals surface area contributed by atoms with Gasteiger partial charge < -0.3 is 10.6 Å². The zero-order valence-corrected chi connectivity index (χ0v) is 11.0. The maximum Gasteiger partial charge on any atom is 0.271 e. The molecule has 1 fully saturated rings. The molecular formula is C13H20N4O. The Morgan fingerprint density at radius 1 is 1.33 bits per heavy atom. The van der Waals surface area contributed by atoms with E-state index >= 15 is 0 Å². The summed E-state index contributed by atoms with van der Waals surface area (Å²) in [7, 11) is 0. The second-order valence-corrected chi connectivity index (χ2v) is 4.87. The van der Waals surface area contributed by atoms with Gasteiger partial charge in [-0.3, -0.25) is 4.79 Å². The highest BCUT2D eigenvalue weighted by Gasteiger charge is 2.40. The third-order valence-corrected chi connectivity index (χ3v) is 3.59. The smallest absolute Gasteiger partial charge is 0.271 e. The van der Waals surface area contributed by atoms with E-state index in [1.807, 2.05) is 13.0 Å². The van der Waals surface area contributed by atoms with E-state index in [1.54, 1.807) is 6.07 Å². The van der Waals surface area contributed by atoms with Crippen molar-refractivity contribution in [1.29, 1.82) is 0 Å². The molecule has 0 aromatic carbocycles. The molecule has 1 amide bonds. The van der Waals surface area contributed by atoms with Gasteiger partial charge in [0, 0.05) is 13.1 Å². The van der Waals surface area contributed by atoms with Crippen LogP contribution in [0.1, 0.15) is 43.6 Å². The van der Waals surface area contributed by atoms with Crippen LogP contribution in [0.15, 0.2) is 12.1 Å². The number of amides is 1. The number of anilines is 1. The SMILES string of the molecule is CCNC(=O)c1ccc(NCC2(CC)CC2)nn1. The molecule has 0 spiro atoms. The van der Waals surface area contributed by atoms with Crippen molar-refractivity contribution in [2.24, 2.45) is 5.41 Å². The molecule has 5 nitrogen and oxygen atoms in total. The summed E-state index contributed by atoms with van der Waals surface area (Å²) in [6.45, 7) is 5.64. The average molecular weight is 248 g/mol. The number of carbonyl (C=O) groups is 1. The van der Waals surface area contributed by atoms with E-state index < -0.39 is 0 Å². The standard InChI is InChI=1S/C13H20N4O/c1-3-13(7-8-13)9-15-11-6-5-10(16-17-11)12(18)14-4-2/h5-6H,3-4,7-9H2,1-2H3,(H,14,18)(H,15,17). The zero-order chi connectivity index (χ0) is 13.0. The van der Waals surface area contributed by atoms with Crippen molar-refractivity contribution >= 4 is 11.7 Å². The minimum atomic E-state index is -0.177. The van der Waals surface area contributed by atoms with Crippen LogP contribution in [0.5, 0.6) is 0 Å². The molecule has 1 aliphatic carbocycles. The van der Waals surface area contributed by atoms with E-state index in [9.17, 15) is 4.79 Å². The lowest BCUT2D eigenvalue weighted by molar-refractivity contribution is 0.0950. The summed E-state index contributed by atoms with van der Waals surface area (Å²) < 4.78 is 0. The van der Waals surface area contributed by atoms with Crippen molar-refractivity contribution in [2.45, 2.75) is 33.1 Å². The summed E-state index contributed by atoms with van der Waals surface area (Å²) >= 11 is 0. The summed E-state index contributed by atoms with van der Waals surface area (Å²) in [6, 6.07) is 3.51. The fourth-order valence-corrected chi connectivity index (χ4v) is 1.91. The molecule has 0 atom stereocenters. The van der Waals surface area contributed by atoms with E-state index in [-0.39, 0.29) is 5.91 Å². The molecule has 0 saturated heterocycles. The van der Waals surface area contributed by atoms with E-state index in [0.717, 1.165) is 12.4 Å². The molecule has 0 unspecified atom stereocenters. The molecule has 1 heterocycles. The molecule has 0 bridgehead atoms. The summed E-state index contributed by atoms with van der Waals surface area (Å²) in [5.41, 5.74) is 0.832. The maximum absolute atomic E-state index is 11.5. The quantitative estimate of drug-likeness (QED) is 0.806. The van der Waals surface area contributed by atoms with Crippen LogP contribution < -0.4 is 10.6 Å². The lowest BCUT2D eigenvalue weighted by Gasteiger charge is -2.13. The summed E-state index contributed by atoms with van der Waals surface area (Å²) in [5, 5.41) is 13.9. The van der Waals surface area contributed by atoms with Crippen LogP contribution in [0.2, 0.25) is 0 Å². The van der Waals surface area contributed by atoms with Gasteiger partial charge in [-0.05, 0) is 43.7 Å². The van der Waals surface area contributed by atoms with Crippen molar-refractivity contribution in [3.63, 3.8) is 0 Å². The van der Waals surface area contributed by atoms with Crippen LogP contribution in [-0.2, 0) is 0 Å². The predicted molar refractivity (Wildman–Crippen MR) is 70.5 cm³/mol. The van der Waals surface area contributed by atoms with E-state index in [1.165, 1.54) is 19.3 Å². The lowest BCUT2D eigenvalue weighted by atomic mass is 10.0. The molecular weight excluding hydrogens is 228 g/mol. The van der Waals surface area contributed by atoms with Crippen molar-refractivity contribution in [3.05, 3.63) is 17.8 Å². The minimum absolute atomic E-state index is 0.177. The lowest BCUT2D eigenvalue weighted by Crippen LogP contribution is -2.24. The molecule has 1 aromatic rings. The molecule has 1 aliphatic rings.